The van der Waals surface area contributed by atoms with Crippen LogP contribution < -0.4 is 13.6 Å². The van der Waals surface area contributed by atoms with Crippen molar-refractivity contribution in [3.05, 3.63) is 65.7 Å². The second kappa shape index (κ2) is 11.4. The van der Waals surface area contributed by atoms with Gasteiger partial charge in [0, 0.05) is 10.8 Å². The van der Waals surface area contributed by atoms with Gasteiger partial charge in [-0.1, -0.05) is 91.8 Å². The number of carbonyl (C=O) groups excluding carboxylic acids is 1. The largest absolute Gasteiger partial charge is 0.543 e. The van der Waals surface area contributed by atoms with Crippen molar-refractivity contribution in [2.45, 2.75) is 98.6 Å². The summed E-state index contributed by atoms with van der Waals surface area (Å²) in [5.41, 5.74) is 1.50. The van der Waals surface area contributed by atoms with Gasteiger partial charge in [-0.15, -0.1) is 0 Å². The molecule has 40 heavy (non-hydrogen) atoms. The number of aryl methyl sites for hydroxylation is 1. The number of hydrogen-bond donors (Lipinski definition) is 0. The molecule has 0 saturated carbocycles. The summed E-state index contributed by atoms with van der Waals surface area (Å²) < 4.78 is 20.0. The van der Waals surface area contributed by atoms with E-state index in [9.17, 15) is 4.79 Å². The Kier molecular flexibility index (Phi) is 9.07. The Balaban J connectivity index is 2.32. The average molecular weight is 579 g/mol. The molecule has 0 amide bonds. The van der Waals surface area contributed by atoms with E-state index in [2.05, 4.69) is 101 Å². The summed E-state index contributed by atoms with van der Waals surface area (Å²) in [6.45, 7) is 29.3. The summed E-state index contributed by atoms with van der Waals surface area (Å²) in [6, 6.07) is 17.3. The third-order valence-electron chi connectivity index (χ3n) is 10.2. The highest BCUT2D eigenvalue weighted by Gasteiger charge is 2.47. The predicted molar refractivity (Wildman–Crippen MR) is 174 cm³/mol. The Bertz CT molecular complexity index is 1360. The quantitative estimate of drug-likeness (QED) is 0.136. The van der Waals surface area contributed by atoms with Gasteiger partial charge in [0.05, 0.1) is 0 Å². The predicted octanol–water partition coefficient (Wildman–Crippen LogP) is 10.4. The van der Waals surface area contributed by atoms with Gasteiger partial charge in [-0.25, -0.2) is 4.79 Å². The van der Waals surface area contributed by atoms with Gasteiger partial charge < -0.3 is 13.6 Å². The molecule has 0 saturated heterocycles. The number of ether oxygens (including phenoxy) is 1. The van der Waals surface area contributed by atoms with E-state index in [0.29, 0.717) is 28.9 Å². The number of benzene rings is 3. The smallest absolute Gasteiger partial charge is 0.347 e. The maximum Gasteiger partial charge on any atom is 0.347 e. The minimum Gasteiger partial charge on any atom is -0.543 e. The van der Waals surface area contributed by atoms with E-state index >= 15 is 0 Å². The molecule has 0 spiro atoms. The molecular formula is C34H50O4Si2. The summed E-state index contributed by atoms with van der Waals surface area (Å²) in [5.74, 6) is 2.24. The number of carbonyl (C=O) groups is 1. The Labute approximate surface area is 244 Å². The van der Waals surface area contributed by atoms with Crippen LogP contribution in [0.3, 0.4) is 0 Å². The van der Waals surface area contributed by atoms with Gasteiger partial charge in [0.2, 0.25) is 0 Å². The van der Waals surface area contributed by atoms with Crippen LogP contribution in [0.5, 0.6) is 17.2 Å². The van der Waals surface area contributed by atoms with Crippen molar-refractivity contribution in [2.24, 2.45) is 11.8 Å². The Morgan fingerprint density at radius 3 is 1.80 bits per heavy atom. The maximum atomic E-state index is 13.9. The Morgan fingerprint density at radius 1 is 0.750 bits per heavy atom. The summed E-state index contributed by atoms with van der Waals surface area (Å²) in [4.78, 5) is 13.9. The highest BCUT2D eigenvalue weighted by Crippen LogP contribution is 2.50. The minimum atomic E-state index is -2.39. The van der Waals surface area contributed by atoms with E-state index < -0.39 is 22.6 Å². The van der Waals surface area contributed by atoms with Crippen molar-refractivity contribution < 1.29 is 18.4 Å². The first-order valence-electron chi connectivity index (χ1n) is 14.5. The fourth-order valence-corrected chi connectivity index (χ4v) is 9.52. The van der Waals surface area contributed by atoms with Crippen molar-refractivity contribution in [3.8, 4) is 17.2 Å². The van der Waals surface area contributed by atoms with Gasteiger partial charge in [-0.3, -0.25) is 0 Å². The summed E-state index contributed by atoms with van der Waals surface area (Å²) in [7, 11) is -4.69. The van der Waals surface area contributed by atoms with Crippen LogP contribution in [0.15, 0.2) is 54.6 Å². The zero-order valence-electron chi connectivity index (χ0n) is 27.0. The topological polar surface area (TPSA) is 44.8 Å². The SMILES string of the molecule is Cc1cccc2c(O[Si](C)(C)C(C)(C)C(C)C)c(C(=O)Oc3ccccc3)cc(O[Si](C)(C)C(C)(C)C(C)C)c12. The van der Waals surface area contributed by atoms with Crippen molar-refractivity contribution in [3.63, 3.8) is 0 Å². The molecule has 0 atom stereocenters. The van der Waals surface area contributed by atoms with Crippen LogP contribution in [0.2, 0.25) is 36.3 Å². The van der Waals surface area contributed by atoms with Gasteiger partial charge >= 0.3 is 5.97 Å². The molecule has 0 radical (unpaired) electrons. The summed E-state index contributed by atoms with van der Waals surface area (Å²) in [6.07, 6.45) is 0. The number of fused-ring (bicyclic) bond motifs is 1. The van der Waals surface area contributed by atoms with E-state index in [-0.39, 0.29) is 10.1 Å². The summed E-state index contributed by atoms with van der Waals surface area (Å²) in [5, 5.41) is 1.85. The molecule has 0 heterocycles. The van der Waals surface area contributed by atoms with E-state index in [1.807, 2.05) is 30.3 Å². The minimum absolute atomic E-state index is 0.00190. The Hall–Kier alpha value is -2.58. The van der Waals surface area contributed by atoms with Crippen LogP contribution in [0.25, 0.3) is 10.8 Å². The lowest BCUT2D eigenvalue weighted by Crippen LogP contribution is -2.48. The van der Waals surface area contributed by atoms with Gasteiger partial charge in [-0.05, 0) is 78.8 Å². The molecule has 0 aliphatic heterocycles. The van der Waals surface area contributed by atoms with E-state index in [4.69, 9.17) is 13.6 Å². The fourth-order valence-electron chi connectivity index (χ4n) is 4.77. The van der Waals surface area contributed by atoms with Crippen molar-refractivity contribution in [1.82, 2.24) is 0 Å². The Morgan fingerprint density at radius 2 is 1.27 bits per heavy atom. The molecule has 0 aromatic heterocycles. The molecule has 0 N–H and O–H groups in total. The van der Waals surface area contributed by atoms with Crippen LogP contribution >= 0.6 is 0 Å². The van der Waals surface area contributed by atoms with E-state index in [0.717, 1.165) is 22.1 Å². The second-order valence-electron chi connectivity index (χ2n) is 13.9. The molecule has 0 bridgehead atoms. The van der Waals surface area contributed by atoms with Crippen molar-refractivity contribution >= 4 is 33.4 Å². The lowest BCUT2D eigenvalue weighted by molar-refractivity contribution is 0.0732. The van der Waals surface area contributed by atoms with Gasteiger partial charge in [0.15, 0.2) is 0 Å². The standard InChI is InChI=1S/C34H50O4Si2/c1-23(2)33(6,7)39(10,11)37-29-22-28(32(35)36-26-19-15-14-16-20-26)31(27-21-17-18-25(5)30(27)29)38-40(12,13)34(8,9)24(3)4/h14-24H,1-13H3. The molecular weight excluding hydrogens is 529 g/mol. The van der Waals surface area contributed by atoms with Crippen molar-refractivity contribution in [2.75, 3.05) is 0 Å². The molecule has 4 nitrogen and oxygen atoms in total. The molecule has 0 aliphatic carbocycles. The lowest BCUT2D eigenvalue weighted by atomic mass is 9.99. The number of hydrogen-bond acceptors (Lipinski definition) is 4. The normalized spacial score (nSPS) is 13.2. The average Bonchev–Trinajstić information content (AvgIpc) is 2.85. The fraction of sp³-hybridized carbons (Fsp3) is 0.500. The molecule has 0 fully saturated rings. The van der Waals surface area contributed by atoms with Crippen LogP contribution in [0, 0.1) is 18.8 Å². The van der Waals surface area contributed by atoms with Crippen LogP contribution in [0.1, 0.15) is 71.3 Å². The number of para-hydroxylation sites is 1. The van der Waals surface area contributed by atoms with Gasteiger partial charge in [0.25, 0.3) is 16.6 Å². The second-order valence-corrected chi connectivity index (χ2v) is 23.0. The first-order valence-corrected chi connectivity index (χ1v) is 20.4. The molecule has 3 aromatic carbocycles. The lowest BCUT2D eigenvalue weighted by Gasteiger charge is -2.44. The monoisotopic (exact) mass is 578 g/mol. The maximum absolute atomic E-state index is 13.9. The third kappa shape index (κ3) is 6.03. The highest BCUT2D eigenvalue weighted by molar-refractivity contribution is 6.75. The first-order chi connectivity index (χ1) is 18.3. The molecule has 0 aliphatic rings. The molecule has 0 unspecified atom stereocenters. The third-order valence-corrected chi connectivity index (χ3v) is 19.0. The van der Waals surface area contributed by atoms with Crippen LogP contribution in [0.4, 0.5) is 0 Å². The van der Waals surface area contributed by atoms with E-state index in [1.165, 1.54) is 0 Å². The number of esters is 1. The molecule has 218 valence electrons. The van der Waals surface area contributed by atoms with E-state index in [1.54, 1.807) is 12.1 Å². The zero-order chi connectivity index (χ0) is 30.3. The first kappa shape index (κ1) is 31.9. The molecule has 6 heteroatoms. The van der Waals surface area contributed by atoms with Crippen LogP contribution in [-0.2, 0) is 0 Å². The number of rotatable bonds is 10. The molecule has 3 rings (SSSR count). The van der Waals surface area contributed by atoms with Crippen LogP contribution in [-0.4, -0.2) is 22.6 Å². The highest BCUT2D eigenvalue weighted by atomic mass is 28.4. The van der Waals surface area contributed by atoms with Gasteiger partial charge in [-0.2, -0.15) is 0 Å². The molecule has 3 aromatic rings. The van der Waals surface area contributed by atoms with Crippen molar-refractivity contribution in [1.29, 1.82) is 0 Å². The van der Waals surface area contributed by atoms with Gasteiger partial charge in [0.1, 0.15) is 22.8 Å². The zero-order valence-corrected chi connectivity index (χ0v) is 29.0. The summed E-state index contributed by atoms with van der Waals surface area (Å²) >= 11 is 0.